The summed E-state index contributed by atoms with van der Waals surface area (Å²) in [6.07, 6.45) is 4.97. The smallest absolute Gasteiger partial charge is 0.0805 e. The molecule has 2 aliphatic rings. The third-order valence-electron chi connectivity index (χ3n) is 5.40. The Labute approximate surface area is 128 Å². The topological polar surface area (TPSA) is 24.5 Å². The molecule has 1 heterocycles. The zero-order valence-corrected chi connectivity index (χ0v) is 13.3. The van der Waals surface area contributed by atoms with Crippen molar-refractivity contribution in [3.05, 3.63) is 35.9 Å². The minimum Gasteiger partial charge on any atom is -0.377 e. The molecule has 1 aromatic carbocycles. The molecule has 1 aliphatic carbocycles. The first-order chi connectivity index (χ1) is 10.3. The van der Waals surface area contributed by atoms with E-state index in [9.17, 15) is 0 Å². The molecule has 116 valence electrons. The van der Waals surface area contributed by atoms with Crippen LogP contribution in [-0.2, 0) is 4.74 Å². The van der Waals surface area contributed by atoms with Gasteiger partial charge in [-0.05, 0) is 31.2 Å². The molecule has 1 saturated heterocycles. The average Bonchev–Trinajstić information content (AvgIpc) is 2.51. The molecule has 0 bridgehead atoms. The Hall–Kier alpha value is -0.900. The summed E-state index contributed by atoms with van der Waals surface area (Å²) in [5, 5.41) is 3.72. The van der Waals surface area contributed by atoms with Gasteiger partial charge in [0.15, 0.2) is 0 Å². The van der Waals surface area contributed by atoms with Gasteiger partial charge in [-0.15, -0.1) is 0 Å². The van der Waals surface area contributed by atoms with Crippen LogP contribution >= 0.6 is 0 Å². The van der Waals surface area contributed by atoms with Gasteiger partial charge in [0.25, 0.3) is 0 Å². The fraction of sp³-hybridized carbons (Fsp3) is 0.667. The molecule has 1 aromatic rings. The van der Waals surface area contributed by atoms with Crippen molar-refractivity contribution in [1.82, 2.24) is 10.2 Å². The predicted molar refractivity (Wildman–Crippen MR) is 86.4 cm³/mol. The van der Waals surface area contributed by atoms with Crippen molar-refractivity contribution in [3.8, 4) is 0 Å². The summed E-state index contributed by atoms with van der Waals surface area (Å²) in [7, 11) is 1.89. The van der Waals surface area contributed by atoms with Gasteiger partial charge in [0.1, 0.15) is 0 Å². The van der Waals surface area contributed by atoms with E-state index in [1.165, 1.54) is 31.2 Å². The quantitative estimate of drug-likeness (QED) is 0.901. The van der Waals surface area contributed by atoms with Crippen LogP contribution in [0.1, 0.15) is 44.2 Å². The molecule has 0 radical (unpaired) electrons. The predicted octanol–water partition coefficient (Wildman–Crippen LogP) is 2.98. The van der Waals surface area contributed by atoms with Crippen LogP contribution in [0.3, 0.4) is 0 Å². The van der Waals surface area contributed by atoms with Crippen molar-refractivity contribution in [2.75, 3.05) is 26.7 Å². The molecule has 0 aromatic heterocycles. The van der Waals surface area contributed by atoms with Gasteiger partial charge < -0.3 is 10.1 Å². The first-order valence-corrected chi connectivity index (χ1v) is 8.34. The highest BCUT2D eigenvalue weighted by Gasteiger charge is 2.41. The van der Waals surface area contributed by atoms with Crippen LogP contribution < -0.4 is 5.32 Å². The van der Waals surface area contributed by atoms with Crippen LogP contribution in [0.4, 0.5) is 0 Å². The Morgan fingerprint density at radius 2 is 2.05 bits per heavy atom. The molecule has 1 aliphatic heterocycles. The molecule has 3 nitrogen and oxygen atoms in total. The zero-order valence-electron chi connectivity index (χ0n) is 13.3. The van der Waals surface area contributed by atoms with Crippen LogP contribution in [0.5, 0.6) is 0 Å². The molecule has 21 heavy (non-hydrogen) atoms. The molecule has 1 N–H and O–H groups in total. The highest BCUT2D eigenvalue weighted by atomic mass is 16.5. The van der Waals surface area contributed by atoms with Gasteiger partial charge >= 0.3 is 0 Å². The number of hydrogen-bond donors (Lipinski definition) is 1. The van der Waals surface area contributed by atoms with E-state index in [0.717, 1.165) is 19.6 Å². The van der Waals surface area contributed by atoms with Crippen LogP contribution in [0.2, 0.25) is 0 Å². The maximum atomic E-state index is 5.85. The molecular weight excluding hydrogens is 260 g/mol. The van der Waals surface area contributed by atoms with Gasteiger partial charge in [-0.1, -0.05) is 37.3 Å². The van der Waals surface area contributed by atoms with E-state index in [1.807, 2.05) is 7.11 Å². The largest absolute Gasteiger partial charge is 0.377 e. The summed E-state index contributed by atoms with van der Waals surface area (Å²) in [5.41, 5.74) is 1.53. The standard InChI is InChI=1S/C18H28N2O/c1-3-16-12-19-17(15-8-5-4-6-9-15)13-20(16)14-18(21-2)10-7-11-18/h4-6,8-9,16-17,19H,3,7,10-14H2,1-2H3. The normalized spacial score (nSPS) is 29.0. The average molecular weight is 288 g/mol. The van der Waals surface area contributed by atoms with E-state index in [1.54, 1.807) is 0 Å². The van der Waals surface area contributed by atoms with Crippen molar-refractivity contribution in [3.63, 3.8) is 0 Å². The van der Waals surface area contributed by atoms with Crippen molar-refractivity contribution >= 4 is 0 Å². The third-order valence-corrected chi connectivity index (χ3v) is 5.40. The SMILES string of the molecule is CCC1CNC(c2ccccc2)CN1CC1(OC)CCC1. The maximum absolute atomic E-state index is 5.85. The van der Waals surface area contributed by atoms with E-state index in [4.69, 9.17) is 4.74 Å². The second-order valence-corrected chi connectivity index (χ2v) is 6.60. The van der Waals surface area contributed by atoms with E-state index in [0.29, 0.717) is 12.1 Å². The Morgan fingerprint density at radius 1 is 1.29 bits per heavy atom. The summed E-state index contributed by atoms with van der Waals surface area (Å²) >= 11 is 0. The Morgan fingerprint density at radius 3 is 2.62 bits per heavy atom. The minimum absolute atomic E-state index is 0.131. The lowest BCUT2D eigenvalue weighted by Crippen LogP contribution is -2.58. The van der Waals surface area contributed by atoms with Gasteiger partial charge in [-0.2, -0.15) is 0 Å². The summed E-state index contributed by atoms with van der Waals surface area (Å²) in [4.78, 5) is 2.66. The second-order valence-electron chi connectivity index (χ2n) is 6.60. The number of nitrogens with one attached hydrogen (secondary N) is 1. The molecule has 3 heteroatoms. The van der Waals surface area contributed by atoms with Gasteiger partial charge in [0.2, 0.25) is 0 Å². The Bertz CT molecular complexity index is 438. The fourth-order valence-corrected chi connectivity index (χ4v) is 3.73. The molecule has 0 amide bonds. The molecule has 3 rings (SSSR count). The number of piperazine rings is 1. The first kappa shape index (κ1) is 15.0. The van der Waals surface area contributed by atoms with E-state index in [2.05, 4.69) is 47.5 Å². The summed E-state index contributed by atoms with van der Waals surface area (Å²) in [6.45, 7) is 5.55. The number of rotatable bonds is 5. The minimum atomic E-state index is 0.131. The number of benzene rings is 1. The summed E-state index contributed by atoms with van der Waals surface area (Å²) < 4.78 is 5.85. The van der Waals surface area contributed by atoms with Crippen molar-refractivity contribution in [2.45, 2.75) is 50.3 Å². The van der Waals surface area contributed by atoms with Gasteiger partial charge in [0.05, 0.1) is 5.60 Å². The second kappa shape index (κ2) is 6.47. The van der Waals surface area contributed by atoms with E-state index < -0.39 is 0 Å². The Kier molecular flexibility index (Phi) is 4.63. The van der Waals surface area contributed by atoms with Crippen molar-refractivity contribution in [1.29, 1.82) is 0 Å². The fourth-order valence-electron chi connectivity index (χ4n) is 3.73. The van der Waals surface area contributed by atoms with Gasteiger partial charge in [0, 0.05) is 38.8 Å². The molecule has 2 atom stereocenters. The monoisotopic (exact) mass is 288 g/mol. The molecule has 1 saturated carbocycles. The Balaban J connectivity index is 1.70. The number of ether oxygens (including phenoxy) is 1. The van der Waals surface area contributed by atoms with Crippen molar-refractivity contribution in [2.24, 2.45) is 0 Å². The number of methoxy groups -OCH3 is 1. The third kappa shape index (κ3) is 3.15. The summed E-state index contributed by atoms with van der Waals surface area (Å²) in [5.74, 6) is 0. The van der Waals surface area contributed by atoms with Crippen LogP contribution in [0.15, 0.2) is 30.3 Å². The number of nitrogens with zero attached hydrogens (tertiary/aromatic N) is 1. The van der Waals surface area contributed by atoms with Crippen LogP contribution in [0, 0.1) is 0 Å². The first-order valence-electron chi connectivity index (χ1n) is 8.34. The number of hydrogen-bond acceptors (Lipinski definition) is 3. The molecule has 0 spiro atoms. The maximum Gasteiger partial charge on any atom is 0.0805 e. The van der Waals surface area contributed by atoms with Crippen LogP contribution in [-0.4, -0.2) is 43.3 Å². The van der Waals surface area contributed by atoms with Crippen molar-refractivity contribution < 1.29 is 4.74 Å². The van der Waals surface area contributed by atoms with Crippen LogP contribution in [0.25, 0.3) is 0 Å². The lowest BCUT2D eigenvalue weighted by Gasteiger charge is -2.48. The molecular formula is C18H28N2O. The summed E-state index contributed by atoms with van der Waals surface area (Å²) in [6, 6.07) is 11.9. The highest BCUT2D eigenvalue weighted by molar-refractivity contribution is 5.20. The van der Waals surface area contributed by atoms with Gasteiger partial charge in [-0.25, -0.2) is 0 Å². The van der Waals surface area contributed by atoms with E-state index in [-0.39, 0.29) is 5.60 Å². The lowest BCUT2D eigenvalue weighted by atomic mass is 9.79. The zero-order chi connectivity index (χ0) is 14.7. The lowest BCUT2D eigenvalue weighted by molar-refractivity contribution is -0.102. The van der Waals surface area contributed by atoms with E-state index >= 15 is 0 Å². The molecule has 2 fully saturated rings. The van der Waals surface area contributed by atoms with Gasteiger partial charge in [-0.3, -0.25) is 4.90 Å². The molecule has 2 unspecified atom stereocenters. The highest BCUT2D eigenvalue weighted by Crippen LogP contribution is 2.37.